The second-order valence-electron chi connectivity index (χ2n) is 4.11. The van der Waals surface area contributed by atoms with Gasteiger partial charge in [0, 0.05) is 23.8 Å². The molecule has 0 fully saturated rings. The summed E-state index contributed by atoms with van der Waals surface area (Å²) >= 11 is 3.55. The third-order valence-corrected chi connectivity index (χ3v) is 3.55. The summed E-state index contributed by atoms with van der Waals surface area (Å²) in [4.78, 5) is 2.13. The first-order valence-corrected chi connectivity index (χ1v) is 6.44. The number of anilines is 1. The van der Waals surface area contributed by atoms with Crippen LogP contribution in [0.25, 0.3) is 0 Å². The van der Waals surface area contributed by atoms with Crippen LogP contribution in [0, 0.1) is 11.3 Å². The number of nitriles is 1. The molecule has 0 bridgehead atoms. The Labute approximate surface area is 116 Å². The minimum Gasteiger partial charge on any atom is -0.370 e. The van der Waals surface area contributed by atoms with Crippen LogP contribution in [0.15, 0.2) is 53.0 Å². The van der Waals surface area contributed by atoms with E-state index >= 15 is 0 Å². The molecular weight excluding hydrogens is 288 g/mol. The lowest BCUT2D eigenvalue weighted by molar-refractivity contribution is 0.918. The van der Waals surface area contributed by atoms with Crippen LogP contribution in [0.1, 0.15) is 11.1 Å². The van der Waals surface area contributed by atoms with Gasteiger partial charge in [-0.15, -0.1) is 0 Å². The molecule has 0 aliphatic heterocycles. The quantitative estimate of drug-likeness (QED) is 0.858. The Morgan fingerprint density at radius 1 is 1.17 bits per heavy atom. The van der Waals surface area contributed by atoms with Crippen molar-refractivity contribution in [3.63, 3.8) is 0 Å². The fraction of sp³-hybridized carbons (Fsp3) is 0.133. The molecule has 0 heterocycles. The van der Waals surface area contributed by atoms with Crippen molar-refractivity contribution in [1.82, 2.24) is 0 Å². The molecule has 0 spiro atoms. The molecule has 0 saturated heterocycles. The van der Waals surface area contributed by atoms with Gasteiger partial charge in [-0.2, -0.15) is 5.26 Å². The first-order chi connectivity index (χ1) is 8.70. The van der Waals surface area contributed by atoms with Crippen molar-refractivity contribution in [1.29, 1.82) is 5.26 Å². The zero-order valence-corrected chi connectivity index (χ0v) is 11.7. The Hall–Kier alpha value is -1.79. The summed E-state index contributed by atoms with van der Waals surface area (Å²) in [5.74, 6) is 0. The van der Waals surface area contributed by atoms with Crippen molar-refractivity contribution in [3.8, 4) is 6.07 Å². The first kappa shape index (κ1) is 12.7. The maximum Gasteiger partial charge on any atom is 0.0992 e. The molecule has 0 aromatic heterocycles. The topological polar surface area (TPSA) is 27.0 Å². The summed E-state index contributed by atoms with van der Waals surface area (Å²) in [6.45, 7) is 0.802. The van der Waals surface area contributed by atoms with E-state index in [1.807, 2.05) is 49.5 Å². The van der Waals surface area contributed by atoms with Gasteiger partial charge in [-0.3, -0.25) is 0 Å². The van der Waals surface area contributed by atoms with Crippen molar-refractivity contribution < 1.29 is 0 Å². The van der Waals surface area contributed by atoms with Crippen LogP contribution in [-0.4, -0.2) is 7.05 Å². The van der Waals surface area contributed by atoms with Crippen molar-refractivity contribution in [2.75, 3.05) is 11.9 Å². The number of rotatable bonds is 3. The van der Waals surface area contributed by atoms with Crippen molar-refractivity contribution in [3.05, 3.63) is 64.1 Å². The summed E-state index contributed by atoms with van der Waals surface area (Å²) in [7, 11) is 2.02. The van der Waals surface area contributed by atoms with Crippen molar-refractivity contribution in [2.24, 2.45) is 0 Å². The van der Waals surface area contributed by atoms with Crippen LogP contribution in [-0.2, 0) is 6.54 Å². The number of halogens is 1. The van der Waals surface area contributed by atoms with E-state index in [1.54, 1.807) is 0 Å². The normalized spacial score (nSPS) is 9.83. The van der Waals surface area contributed by atoms with Crippen LogP contribution >= 0.6 is 15.9 Å². The molecule has 0 atom stereocenters. The van der Waals surface area contributed by atoms with Gasteiger partial charge in [0.2, 0.25) is 0 Å². The fourth-order valence-electron chi connectivity index (χ4n) is 1.79. The Kier molecular flexibility index (Phi) is 4.01. The molecule has 0 aliphatic carbocycles. The smallest absolute Gasteiger partial charge is 0.0992 e. The molecule has 0 unspecified atom stereocenters. The highest BCUT2D eigenvalue weighted by molar-refractivity contribution is 9.10. The van der Waals surface area contributed by atoms with E-state index in [0.29, 0.717) is 5.56 Å². The third kappa shape index (κ3) is 2.91. The van der Waals surface area contributed by atoms with Gasteiger partial charge in [-0.25, -0.2) is 0 Å². The first-order valence-electron chi connectivity index (χ1n) is 5.65. The monoisotopic (exact) mass is 300 g/mol. The Bertz CT molecular complexity index is 587. The highest BCUT2D eigenvalue weighted by Gasteiger charge is 2.05. The average molecular weight is 301 g/mol. The lowest BCUT2D eigenvalue weighted by atomic mass is 10.1. The summed E-state index contributed by atoms with van der Waals surface area (Å²) in [5.41, 5.74) is 2.96. The molecule has 2 nitrogen and oxygen atoms in total. The molecule has 0 saturated carbocycles. The van der Waals surface area contributed by atoms with Gasteiger partial charge < -0.3 is 4.90 Å². The molecule has 0 aliphatic rings. The van der Waals surface area contributed by atoms with Crippen LogP contribution in [0.3, 0.4) is 0 Å². The largest absolute Gasteiger partial charge is 0.370 e. The van der Waals surface area contributed by atoms with Crippen molar-refractivity contribution in [2.45, 2.75) is 6.54 Å². The van der Waals surface area contributed by atoms with Crippen LogP contribution in [0.2, 0.25) is 0 Å². The third-order valence-electron chi connectivity index (χ3n) is 2.78. The summed E-state index contributed by atoms with van der Waals surface area (Å²) in [6, 6.07) is 18.0. The van der Waals surface area contributed by atoms with E-state index in [1.165, 1.54) is 5.56 Å². The predicted molar refractivity (Wildman–Crippen MR) is 77.4 cm³/mol. The van der Waals surface area contributed by atoms with E-state index < -0.39 is 0 Å². The van der Waals surface area contributed by atoms with Crippen LogP contribution in [0.4, 0.5) is 5.69 Å². The minimum atomic E-state index is 0.687. The number of benzene rings is 2. The van der Waals surface area contributed by atoms with E-state index in [-0.39, 0.29) is 0 Å². The van der Waals surface area contributed by atoms with Crippen LogP contribution < -0.4 is 4.90 Å². The molecule has 18 heavy (non-hydrogen) atoms. The maximum absolute atomic E-state index is 8.90. The fourth-order valence-corrected chi connectivity index (χ4v) is 2.20. The summed E-state index contributed by atoms with van der Waals surface area (Å²) in [5, 5.41) is 8.90. The zero-order valence-electron chi connectivity index (χ0n) is 10.1. The molecule has 2 aromatic rings. The molecule has 0 amide bonds. The molecule has 2 aromatic carbocycles. The standard InChI is InChI=1S/C15H13BrN2/c1-18(11-13-6-2-3-8-15(13)16)14-7-4-5-12(9-14)10-17/h2-9H,11H2,1H3. The maximum atomic E-state index is 8.90. The highest BCUT2D eigenvalue weighted by atomic mass is 79.9. The Morgan fingerprint density at radius 3 is 2.67 bits per heavy atom. The lowest BCUT2D eigenvalue weighted by Crippen LogP contribution is -2.16. The second kappa shape index (κ2) is 5.70. The summed E-state index contributed by atoms with van der Waals surface area (Å²) in [6.07, 6.45) is 0. The van der Waals surface area contributed by atoms with E-state index in [4.69, 9.17) is 5.26 Å². The summed E-state index contributed by atoms with van der Waals surface area (Å²) < 4.78 is 1.10. The van der Waals surface area contributed by atoms with Gasteiger partial charge in [-0.05, 0) is 29.8 Å². The van der Waals surface area contributed by atoms with Gasteiger partial charge in [0.05, 0.1) is 11.6 Å². The molecule has 2 rings (SSSR count). The van der Waals surface area contributed by atoms with Gasteiger partial charge in [0.25, 0.3) is 0 Å². The Balaban J connectivity index is 2.20. The zero-order chi connectivity index (χ0) is 13.0. The second-order valence-corrected chi connectivity index (χ2v) is 4.96. The highest BCUT2D eigenvalue weighted by Crippen LogP contribution is 2.21. The molecule has 0 N–H and O–H groups in total. The van der Waals surface area contributed by atoms with E-state index in [2.05, 4.69) is 33.0 Å². The van der Waals surface area contributed by atoms with Gasteiger partial charge in [-0.1, -0.05) is 40.2 Å². The average Bonchev–Trinajstić information content (AvgIpc) is 2.41. The van der Waals surface area contributed by atoms with E-state index in [0.717, 1.165) is 16.7 Å². The minimum absolute atomic E-state index is 0.687. The van der Waals surface area contributed by atoms with Gasteiger partial charge >= 0.3 is 0 Å². The van der Waals surface area contributed by atoms with Gasteiger partial charge in [0.1, 0.15) is 0 Å². The molecule has 90 valence electrons. The predicted octanol–water partition coefficient (Wildman–Crippen LogP) is 3.96. The molecule has 3 heteroatoms. The number of hydrogen-bond donors (Lipinski definition) is 0. The van der Waals surface area contributed by atoms with Gasteiger partial charge in [0.15, 0.2) is 0 Å². The van der Waals surface area contributed by atoms with Crippen molar-refractivity contribution >= 4 is 21.6 Å². The number of nitrogens with zero attached hydrogens (tertiary/aromatic N) is 2. The van der Waals surface area contributed by atoms with Crippen LogP contribution in [0.5, 0.6) is 0 Å². The molecule has 0 radical (unpaired) electrons. The SMILES string of the molecule is CN(Cc1ccccc1Br)c1cccc(C#N)c1. The Morgan fingerprint density at radius 2 is 1.94 bits per heavy atom. The lowest BCUT2D eigenvalue weighted by Gasteiger charge is -2.20. The molecular formula is C15H13BrN2. The van der Waals surface area contributed by atoms with E-state index in [9.17, 15) is 0 Å². The number of hydrogen-bond acceptors (Lipinski definition) is 2.